The fraction of sp³-hybridized carbons (Fsp3) is 0.792. The summed E-state index contributed by atoms with van der Waals surface area (Å²) in [4.78, 5) is 30.1. The Labute approximate surface area is 348 Å². The van der Waals surface area contributed by atoms with Gasteiger partial charge in [0.25, 0.3) is 0 Å². The van der Waals surface area contributed by atoms with E-state index in [-0.39, 0.29) is 24.3 Å². The highest BCUT2D eigenvalue weighted by atomic mass is 16.5. The predicted molar refractivity (Wildman–Crippen MR) is 239 cm³/mol. The lowest BCUT2D eigenvalue weighted by molar-refractivity contribution is -0.129. The number of H-pyrrole nitrogens is 1. The van der Waals surface area contributed by atoms with Crippen molar-refractivity contribution >= 4 is 22.7 Å². The molecule has 0 saturated heterocycles. The summed E-state index contributed by atoms with van der Waals surface area (Å²) in [6, 6.07) is 5.11. The molecule has 1 heterocycles. The van der Waals surface area contributed by atoms with Crippen molar-refractivity contribution in [2.75, 3.05) is 40.0 Å². The highest BCUT2D eigenvalue weighted by Gasteiger charge is 2.22. The van der Waals surface area contributed by atoms with Crippen molar-refractivity contribution in [1.82, 2.24) is 15.6 Å². The Hall–Kier alpha value is -2.62. The maximum Gasteiger partial charge on any atom is 0.242 e. The Morgan fingerprint density at radius 3 is 1.79 bits per heavy atom. The molecule has 1 aromatic carbocycles. The van der Waals surface area contributed by atoms with Gasteiger partial charge in [-0.3, -0.25) is 9.59 Å². The number of benzene rings is 1. The van der Waals surface area contributed by atoms with Crippen LogP contribution < -0.4 is 21.1 Å². The Morgan fingerprint density at radius 2 is 1.25 bits per heavy atom. The number of methoxy groups -OCH3 is 1. The molecule has 9 heteroatoms. The van der Waals surface area contributed by atoms with Gasteiger partial charge >= 0.3 is 0 Å². The van der Waals surface area contributed by atoms with Crippen molar-refractivity contribution in [2.45, 2.75) is 206 Å². The molecule has 0 aliphatic rings. The van der Waals surface area contributed by atoms with E-state index in [0.29, 0.717) is 39.3 Å². The number of unbranched alkanes of at least 4 members (excludes halogenated alkanes) is 23. The molecule has 0 saturated carbocycles. The Morgan fingerprint density at radius 1 is 0.702 bits per heavy atom. The van der Waals surface area contributed by atoms with E-state index in [9.17, 15) is 9.59 Å². The summed E-state index contributed by atoms with van der Waals surface area (Å²) in [6.45, 7) is 7.26. The zero-order valence-electron chi connectivity index (χ0n) is 36.9. The van der Waals surface area contributed by atoms with Crippen molar-refractivity contribution < 1.29 is 23.8 Å². The third kappa shape index (κ3) is 25.5. The molecule has 0 fully saturated rings. The first-order chi connectivity index (χ1) is 28.0. The number of amides is 2. The molecule has 0 bridgehead atoms. The van der Waals surface area contributed by atoms with Crippen LogP contribution in [-0.4, -0.2) is 69.0 Å². The van der Waals surface area contributed by atoms with Crippen LogP contribution in [0.15, 0.2) is 24.4 Å². The summed E-state index contributed by atoms with van der Waals surface area (Å²) < 4.78 is 17.9. The van der Waals surface area contributed by atoms with E-state index >= 15 is 0 Å². The quantitative estimate of drug-likeness (QED) is 0.0497. The number of nitrogens with two attached hydrogens (primary N) is 1. The van der Waals surface area contributed by atoms with Crippen LogP contribution in [-0.2, 0) is 25.5 Å². The maximum absolute atomic E-state index is 13.6. The second-order valence-electron chi connectivity index (χ2n) is 16.4. The molecule has 5 N–H and O–H groups in total. The number of fused-ring (bicyclic) bond motifs is 1. The Bertz CT molecular complexity index is 1250. The summed E-state index contributed by atoms with van der Waals surface area (Å²) in [6.07, 6.45) is 35.2. The van der Waals surface area contributed by atoms with Gasteiger partial charge in [-0.2, -0.15) is 0 Å². The zero-order valence-corrected chi connectivity index (χ0v) is 36.9. The first-order valence-corrected chi connectivity index (χ1v) is 23.6. The molecule has 0 spiro atoms. The molecule has 57 heavy (non-hydrogen) atoms. The second-order valence-corrected chi connectivity index (χ2v) is 16.4. The van der Waals surface area contributed by atoms with Gasteiger partial charge in [-0.25, -0.2) is 0 Å². The molecule has 9 nitrogen and oxygen atoms in total. The van der Waals surface area contributed by atoms with Gasteiger partial charge in [0.05, 0.1) is 26.2 Å². The van der Waals surface area contributed by atoms with Gasteiger partial charge in [-0.15, -0.1) is 0 Å². The third-order valence-corrected chi connectivity index (χ3v) is 11.2. The van der Waals surface area contributed by atoms with Gasteiger partial charge in [0.1, 0.15) is 11.8 Å². The number of hydrogen-bond acceptors (Lipinski definition) is 6. The monoisotopic (exact) mass is 799 g/mol. The average molecular weight is 799 g/mol. The summed E-state index contributed by atoms with van der Waals surface area (Å²) in [5, 5.41) is 7.05. The van der Waals surface area contributed by atoms with Crippen molar-refractivity contribution in [3.05, 3.63) is 30.0 Å². The van der Waals surface area contributed by atoms with Crippen molar-refractivity contribution in [3.63, 3.8) is 0 Å². The summed E-state index contributed by atoms with van der Waals surface area (Å²) in [7, 11) is 1.63. The van der Waals surface area contributed by atoms with Gasteiger partial charge in [-0.1, -0.05) is 155 Å². The zero-order chi connectivity index (χ0) is 41.0. The average Bonchev–Trinajstić information content (AvgIpc) is 3.62. The topological polar surface area (TPSA) is 128 Å². The van der Waals surface area contributed by atoms with Gasteiger partial charge in [0.15, 0.2) is 0 Å². The Balaban J connectivity index is 1.80. The van der Waals surface area contributed by atoms with Gasteiger partial charge in [-0.05, 0) is 62.4 Å². The van der Waals surface area contributed by atoms with E-state index in [1.165, 1.54) is 135 Å². The predicted octanol–water partition coefficient (Wildman–Crippen LogP) is 11.3. The van der Waals surface area contributed by atoms with Crippen LogP contribution in [0.4, 0.5) is 0 Å². The van der Waals surface area contributed by atoms with Gasteiger partial charge in [0.2, 0.25) is 11.8 Å². The van der Waals surface area contributed by atoms with E-state index in [0.717, 1.165) is 54.3 Å². The standard InChI is InChI=1S/C48H86N4O5/c1-4-6-8-10-12-14-16-18-20-22-24-28-34-56-40-43(57-35-29-25-23-21-19-17-15-13-11-9-7-5-2)39-51-48(54)46(30-26-27-33-49)52-47(53)36-41-38-50-45-32-31-42(55-3)37-44(41)45/h31-32,37-38,43,46,50H,4-30,33-36,39-40,49H2,1-3H3,(H,51,54)(H,52,53)/t43?,46-/m0/s1. The second kappa shape index (κ2) is 35.3. The number of aromatic amines is 1. The highest BCUT2D eigenvalue weighted by Crippen LogP contribution is 2.24. The largest absolute Gasteiger partial charge is 0.497 e. The van der Waals surface area contributed by atoms with Crippen LogP contribution in [0.3, 0.4) is 0 Å². The SMILES string of the molecule is CCCCCCCCCCCCCCOCC(CNC(=O)[C@H](CCCCN)NC(=O)Cc1c[nH]c2ccc(OC)cc12)OCCCCCCCCCCCCCC. The van der Waals surface area contributed by atoms with Crippen molar-refractivity contribution in [1.29, 1.82) is 0 Å². The van der Waals surface area contributed by atoms with E-state index < -0.39 is 6.04 Å². The number of aromatic nitrogens is 1. The lowest BCUT2D eigenvalue weighted by atomic mass is 10.1. The summed E-state index contributed by atoms with van der Waals surface area (Å²) in [5.74, 6) is 0.342. The molecular weight excluding hydrogens is 713 g/mol. The molecule has 2 amide bonds. The molecule has 1 unspecified atom stereocenters. The van der Waals surface area contributed by atoms with Crippen LogP contribution in [0.2, 0.25) is 0 Å². The smallest absolute Gasteiger partial charge is 0.242 e. The normalized spacial score (nSPS) is 12.6. The minimum absolute atomic E-state index is 0.158. The molecular formula is C48H86N4O5. The van der Waals surface area contributed by atoms with Crippen LogP contribution >= 0.6 is 0 Å². The van der Waals surface area contributed by atoms with Crippen LogP contribution in [0.1, 0.15) is 193 Å². The maximum atomic E-state index is 13.6. The number of carbonyl (C=O) groups excluding carboxylic acids is 2. The first kappa shape index (κ1) is 50.5. The van der Waals surface area contributed by atoms with E-state index in [1.54, 1.807) is 7.11 Å². The molecule has 1 aromatic heterocycles. The van der Waals surface area contributed by atoms with Crippen LogP contribution in [0, 0.1) is 0 Å². The van der Waals surface area contributed by atoms with Gasteiger partial charge < -0.3 is 35.6 Å². The number of rotatable bonds is 40. The third-order valence-electron chi connectivity index (χ3n) is 11.2. The number of carbonyl (C=O) groups is 2. The van der Waals surface area contributed by atoms with Crippen LogP contribution in [0.5, 0.6) is 5.75 Å². The molecule has 0 aliphatic heterocycles. The highest BCUT2D eigenvalue weighted by molar-refractivity contribution is 5.92. The number of nitrogens with one attached hydrogen (secondary N) is 3. The number of hydrogen-bond donors (Lipinski definition) is 4. The number of ether oxygens (including phenoxy) is 3. The fourth-order valence-electron chi connectivity index (χ4n) is 7.57. The van der Waals surface area contributed by atoms with Gasteiger partial charge in [0, 0.05) is 36.9 Å². The molecule has 0 aliphatic carbocycles. The lowest BCUT2D eigenvalue weighted by Gasteiger charge is -2.22. The Kier molecular flexibility index (Phi) is 31.3. The van der Waals surface area contributed by atoms with Crippen molar-refractivity contribution in [2.24, 2.45) is 5.73 Å². The van der Waals surface area contributed by atoms with E-state index in [2.05, 4.69) is 29.5 Å². The van der Waals surface area contributed by atoms with E-state index in [1.807, 2.05) is 24.4 Å². The molecule has 0 radical (unpaired) electrons. The minimum Gasteiger partial charge on any atom is -0.497 e. The summed E-state index contributed by atoms with van der Waals surface area (Å²) >= 11 is 0. The molecule has 2 atom stereocenters. The minimum atomic E-state index is -0.650. The van der Waals surface area contributed by atoms with Crippen LogP contribution in [0.25, 0.3) is 10.9 Å². The fourth-order valence-corrected chi connectivity index (χ4v) is 7.57. The van der Waals surface area contributed by atoms with E-state index in [4.69, 9.17) is 19.9 Å². The lowest BCUT2D eigenvalue weighted by Crippen LogP contribution is -2.49. The van der Waals surface area contributed by atoms with Crippen molar-refractivity contribution in [3.8, 4) is 5.75 Å². The molecule has 328 valence electrons. The first-order valence-electron chi connectivity index (χ1n) is 23.6. The summed E-state index contributed by atoms with van der Waals surface area (Å²) in [5.41, 5.74) is 7.57. The molecule has 2 rings (SSSR count). The molecule has 2 aromatic rings.